The second-order valence-corrected chi connectivity index (χ2v) is 8.95. The molecule has 0 spiro atoms. The Kier molecular flexibility index (Phi) is 6.60. The van der Waals surface area contributed by atoms with Crippen LogP contribution in [0.2, 0.25) is 0 Å². The molecule has 1 saturated carbocycles. The number of anilines is 2. The zero-order valence-electron chi connectivity index (χ0n) is 19.4. The molecule has 1 fully saturated rings. The summed E-state index contributed by atoms with van der Waals surface area (Å²) >= 11 is 0. The Hall–Kier alpha value is -3.75. The van der Waals surface area contributed by atoms with Gasteiger partial charge in [-0.15, -0.1) is 0 Å². The minimum absolute atomic E-state index is 0.0397. The highest BCUT2D eigenvalue weighted by Crippen LogP contribution is 2.49. The Morgan fingerprint density at radius 2 is 1.77 bits per heavy atom. The number of nitrogens with zero attached hydrogens (tertiary/aromatic N) is 2. The second kappa shape index (κ2) is 9.48. The summed E-state index contributed by atoms with van der Waals surface area (Å²) in [4.78, 5) is 33.3. The number of carbonyl (C=O) groups is 2. The quantitative estimate of drug-likeness (QED) is 0.397. The van der Waals surface area contributed by atoms with E-state index in [1.54, 1.807) is 19.1 Å². The highest BCUT2D eigenvalue weighted by atomic mass is 19.3. The SMILES string of the molecule is Cc1ncc(C(=O)CC2(C(=O)NCc3ccc(Nc4ccccc4C(C)(F)F)cc3F)CC2)cn1. The zero-order valence-corrected chi connectivity index (χ0v) is 19.4. The van der Waals surface area contributed by atoms with E-state index in [0.717, 1.165) is 6.92 Å². The summed E-state index contributed by atoms with van der Waals surface area (Å²) < 4.78 is 42.4. The number of benzene rings is 2. The lowest BCUT2D eigenvalue weighted by Gasteiger charge is -2.18. The van der Waals surface area contributed by atoms with Crippen LogP contribution in [0.25, 0.3) is 0 Å². The van der Waals surface area contributed by atoms with Crippen molar-refractivity contribution < 1.29 is 22.8 Å². The molecule has 0 unspecified atom stereocenters. The van der Waals surface area contributed by atoms with Gasteiger partial charge in [-0.3, -0.25) is 9.59 Å². The third kappa shape index (κ3) is 5.67. The van der Waals surface area contributed by atoms with Crippen LogP contribution in [0.4, 0.5) is 24.5 Å². The van der Waals surface area contributed by atoms with Crippen molar-refractivity contribution in [3.05, 3.63) is 83.2 Å². The number of rotatable bonds is 9. The first-order valence-corrected chi connectivity index (χ1v) is 11.2. The van der Waals surface area contributed by atoms with E-state index in [2.05, 4.69) is 20.6 Å². The molecule has 1 aliphatic carbocycles. The molecule has 1 aliphatic rings. The predicted octanol–water partition coefficient (Wildman–Crippen LogP) is 5.45. The lowest BCUT2D eigenvalue weighted by Crippen LogP contribution is -2.33. The van der Waals surface area contributed by atoms with Gasteiger partial charge < -0.3 is 10.6 Å². The molecule has 35 heavy (non-hydrogen) atoms. The third-order valence-electron chi connectivity index (χ3n) is 6.11. The molecule has 2 aromatic carbocycles. The summed E-state index contributed by atoms with van der Waals surface area (Å²) in [5.41, 5.74) is 0.0878. The largest absolute Gasteiger partial charge is 0.355 e. The first kappa shape index (κ1) is 24.4. The maximum atomic E-state index is 14.7. The van der Waals surface area contributed by atoms with Gasteiger partial charge in [-0.05, 0) is 38.0 Å². The number of alkyl halides is 2. The van der Waals surface area contributed by atoms with Crippen LogP contribution in [0, 0.1) is 18.2 Å². The van der Waals surface area contributed by atoms with Crippen molar-refractivity contribution in [2.75, 3.05) is 5.32 Å². The number of aryl methyl sites for hydroxylation is 1. The monoisotopic (exact) mass is 482 g/mol. The fourth-order valence-corrected chi connectivity index (χ4v) is 3.84. The molecule has 0 bridgehead atoms. The van der Waals surface area contributed by atoms with Gasteiger partial charge in [0.25, 0.3) is 5.92 Å². The van der Waals surface area contributed by atoms with Gasteiger partial charge in [-0.2, -0.15) is 0 Å². The van der Waals surface area contributed by atoms with Crippen molar-refractivity contribution in [2.24, 2.45) is 5.41 Å². The Balaban J connectivity index is 1.38. The molecule has 0 saturated heterocycles. The molecule has 3 aromatic rings. The predicted molar refractivity (Wildman–Crippen MR) is 125 cm³/mol. The molecule has 6 nitrogen and oxygen atoms in total. The second-order valence-electron chi connectivity index (χ2n) is 8.95. The Labute approximate surface area is 201 Å². The molecule has 0 atom stereocenters. The molecular weight excluding hydrogens is 457 g/mol. The molecule has 1 aromatic heterocycles. The van der Waals surface area contributed by atoms with Gasteiger partial charge in [0.1, 0.15) is 11.6 Å². The first-order chi connectivity index (χ1) is 16.6. The lowest BCUT2D eigenvalue weighted by molar-refractivity contribution is -0.126. The van der Waals surface area contributed by atoms with Crippen molar-refractivity contribution in [2.45, 2.75) is 45.6 Å². The van der Waals surface area contributed by atoms with Crippen LogP contribution in [-0.4, -0.2) is 21.7 Å². The van der Waals surface area contributed by atoms with Gasteiger partial charge in [-0.25, -0.2) is 23.1 Å². The average molecular weight is 483 g/mol. The van der Waals surface area contributed by atoms with Gasteiger partial charge in [0, 0.05) is 54.8 Å². The first-order valence-electron chi connectivity index (χ1n) is 11.2. The summed E-state index contributed by atoms with van der Waals surface area (Å²) in [6.07, 6.45) is 4.08. The summed E-state index contributed by atoms with van der Waals surface area (Å²) in [5, 5.41) is 5.56. The van der Waals surface area contributed by atoms with Crippen LogP contribution in [0.1, 0.15) is 53.5 Å². The fraction of sp³-hybridized carbons (Fsp3) is 0.308. The molecule has 0 radical (unpaired) electrons. The molecule has 1 amide bonds. The van der Waals surface area contributed by atoms with Crippen LogP contribution >= 0.6 is 0 Å². The topological polar surface area (TPSA) is 84.0 Å². The molecule has 2 N–H and O–H groups in total. The van der Waals surface area contributed by atoms with Gasteiger partial charge >= 0.3 is 0 Å². The number of hydrogen-bond donors (Lipinski definition) is 2. The van der Waals surface area contributed by atoms with Gasteiger partial charge in [0.2, 0.25) is 5.91 Å². The number of ketones is 1. The number of aromatic nitrogens is 2. The van der Waals surface area contributed by atoms with E-state index in [0.29, 0.717) is 29.9 Å². The molecule has 0 aliphatic heterocycles. The van der Waals surface area contributed by atoms with E-state index in [1.165, 1.54) is 42.7 Å². The summed E-state index contributed by atoms with van der Waals surface area (Å²) in [6, 6.07) is 10.2. The number of Topliss-reactive ketones (excluding diaryl/α,β-unsaturated/α-hetero) is 1. The summed E-state index contributed by atoms with van der Waals surface area (Å²) in [5.74, 6) is -3.61. The van der Waals surface area contributed by atoms with Crippen LogP contribution in [-0.2, 0) is 17.3 Å². The minimum atomic E-state index is -3.06. The van der Waals surface area contributed by atoms with E-state index in [1.807, 2.05) is 0 Å². The van der Waals surface area contributed by atoms with E-state index in [9.17, 15) is 22.8 Å². The fourth-order valence-electron chi connectivity index (χ4n) is 3.84. The normalized spacial score (nSPS) is 14.3. The highest BCUT2D eigenvalue weighted by Gasteiger charge is 2.51. The maximum absolute atomic E-state index is 14.7. The van der Waals surface area contributed by atoms with Gasteiger partial charge in [0.15, 0.2) is 5.78 Å². The Morgan fingerprint density at radius 3 is 2.40 bits per heavy atom. The van der Waals surface area contributed by atoms with Crippen LogP contribution in [0.3, 0.4) is 0 Å². The molecule has 9 heteroatoms. The van der Waals surface area contributed by atoms with Crippen LogP contribution in [0.5, 0.6) is 0 Å². The molecule has 182 valence electrons. The van der Waals surface area contributed by atoms with Crippen molar-refractivity contribution in [1.82, 2.24) is 15.3 Å². The van der Waals surface area contributed by atoms with Crippen LogP contribution in [0.15, 0.2) is 54.9 Å². The average Bonchev–Trinajstić information content (AvgIpc) is 3.59. The number of halogens is 3. The summed E-state index contributed by atoms with van der Waals surface area (Å²) in [6.45, 7) is 2.46. The number of amides is 1. The molecule has 1 heterocycles. The van der Waals surface area contributed by atoms with E-state index < -0.39 is 17.2 Å². The van der Waals surface area contributed by atoms with Crippen molar-refractivity contribution >= 4 is 23.1 Å². The summed E-state index contributed by atoms with van der Waals surface area (Å²) in [7, 11) is 0. The number of para-hydroxylation sites is 1. The number of carbonyl (C=O) groups excluding carboxylic acids is 2. The smallest absolute Gasteiger partial charge is 0.272 e. The molecule has 4 rings (SSSR count). The van der Waals surface area contributed by atoms with Gasteiger partial charge in [0.05, 0.1) is 11.0 Å². The maximum Gasteiger partial charge on any atom is 0.272 e. The number of hydrogen-bond acceptors (Lipinski definition) is 5. The highest BCUT2D eigenvalue weighted by molar-refractivity contribution is 6.00. The lowest BCUT2D eigenvalue weighted by atomic mass is 9.95. The van der Waals surface area contributed by atoms with E-state index >= 15 is 0 Å². The molecular formula is C26H25F3N4O2. The third-order valence-corrected chi connectivity index (χ3v) is 6.11. The minimum Gasteiger partial charge on any atom is -0.355 e. The van der Waals surface area contributed by atoms with Crippen molar-refractivity contribution in [3.63, 3.8) is 0 Å². The van der Waals surface area contributed by atoms with Crippen molar-refractivity contribution in [1.29, 1.82) is 0 Å². The van der Waals surface area contributed by atoms with E-state index in [4.69, 9.17) is 0 Å². The Bertz CT molecular complexity index is 1250. The standard InChI is InChI=1S/C26H25F3N4O2/c1-16-30-14-18(15-31-16)23(34)12-26(9-10-26)24(35)32-13-17-7-8-19(11-21(17)27)33-22-6-4-3-5-20(22)25(2,28)29/h3-8,11,14-15,33H,9-10,12-13H2,1-2H3,(H,32,35). The van der Waals surface area contributed by atoms with Gasteiger partial charge in [-0.1, -0.05) is 24.3 Å². The van der Waals surface area contributed by atoms with Crippen molar-refractivity contribution in [3.8, 4) is 0 Å². The van der Waals surface area contributed by atoms with E-state index in [-0.39, 0.29) is 41.5 Å². The zero-order chi connectivity index (χ0) is 25.2. The number of nitrogens with one attached hydrogen (secondary N) is 2. The van der Waals surface area contributed by atoms with Crippen LogP contribution < -0.4 is 10.6 Å². The Morgan fingerprint density at radius 1 is 1.09 bits per heavy atom.